The van der Waals surface area contributed by atoms with Crippen molar-refractivity contribution in [2.45, 2.75) is 72.3 Å². The second-order valence-electron chi connectivity index (χ2n) is 11.4. The molecule has 0 spiro atoms. The highest BCUT2D eigenvalue weighted by atomic mass is 16.5. The summed E-state index contributed by atoms with van der Waals surface area (Å²) in [4.78, 5) is 32.5. The lowest BCUT2D eigenvalue weighted by molar-refractivity contribution is 0.233. The smallest absolute Gasteiger partial charge is 0.323 e. The summed E-state index contributed by atoms with van der Waals surface area (Å²) >= 11 is 0. The molecule has 0 radical (unpaired) electrons. The molecular formula is C34H43N5O4. The van der Waals surface area contributed by atoms with Gasteiger partial charge in [-0.3, -0.25) is 9.36 Å². The largest absolute Gasteiger partial charge is 0.493 e. The van der Waals surface area contributed by atoms with Crippen molar-refractivity contribution in [1.29, 1.82) is 0 Å². The monoisotopic (exact) mass is 585 g/mol. The first-order valence-corrected chi connectivity index (χ1v) is 15.0. The molecule has 43 heavy (non-hydrogen) atoms. The quantitative estimate of drug-likeness (QED) is 0.104. The van der Waals surface area contributed by atoms with E-state index in [-0.39, 0.29) is 29.7 Å². The van der Waals surface area contributed by atoms with Gasteiger partial charge in [0.15, 0.2) is 0 Å². The fourth-order valence-corrected chi connectivity index (χ4v) is 5.24. The Bertz CT molecular complexity index is 1620. The van der Waals surface area contributed by atoms with Crippen LogP contribution in [0.3, 0.4) is 0 Å². The van der Waals surface area contributed by atoms with Crippen molar-refractivity contribution in [1.82, 2.24) is 9.55 Å². The number of aliphatic hydroxyl groups excluding tert-OH is 1. The molecule has 9 heteroatoms. The highest BCUT2D eigenvalue weighted by Gasteiger charge is 2.23. The summed E-state index contributed by atoms with van der Waals surface area (Å²) in [5.74, 6) is 0.815. The van der Waals surface area contributed by atoms with Crippen molar-refractivity contribution < 1.29 is 14.6 Å². The molecule has 0 aliphatic rings. The van der Waals surface area contributed by atoms with E-state index in [2.05, 4.69) is 50.2 Å². The van der Waals surface area contributed by atoms with Gasteiger partial charge < -0.3 is 26.2 Å². The number of benzene rings is 2. The number of nitrogen functional groups attached to an aromatic ring is 1. The fourth-order valence-electron chi connectivity index (χ4n) is 5.24. The van der Waals surface area contributed by atoms with Crippen LogP contribution < -0.4 is 26.7 Å². The average Bonchev–Trinajstić information content (AvgIpc) is 2.98. The molecule has 0 aliphatic carbocycles. The van der Waals surface area contributed by atoms with E-state index in [1.807, 2.05) is 48.5 Å². The third-order valence-electron chi connectivity index (χ3n) is 7.39. The van der Waals surface area contributed by atoms with Crippen LogP contribution in [-0.2, 0) is 6.54 Å². The van der Waals surface area contributed by atoms with E-state index < -0.39 is 6.03 Å². The van der Waals surface area contributed by atoms with Gasteiger partial charge in [-0.05, 0) is 71.3 Å². The summed E-state index contributed by atoms with van der Waals surface area (Å²) in [5, 5.41) is 15.9. The van der Waals surface area contributed by atoms with Crippen LogP contribution in [0.15, 0.2) is 59.5 Å². The van der Waals surface area contributed by atoms with Crippen molar-refractivity contribution in [3.05, 3.63) is 76.2 Å². The van der Waals surface area contributed by atoms with Crippen LogP contribution in [0.1, 0.15) is 76.8 Å². The van der Waals surface area contributed by atoms with Gasteiger partial charge in [-0.15, -0.1) is 0 Å². The number of hydrogen-bond acceptors (Lipinski definition) is 6. The number of urea groups is 1. The van der Waals surface area contributed by atoms with E-state index in [0.29, 0.717) is 53.5 Å². The molecule has 2 amide bonds. The number of anilines is 3. The minimum absolute atomic E-state index is 0.0280. The predicted octanol–water partition coefficient (Wildman–Crippen LogP) is 7.10. The van der Waals surface area contributed by atoms with Gasteiger partial charge in [-0.1, -0.05) is 53.2 Å². The van der Waals surface area contributed by atoms with Crippen molar-refractivity contribution in [3.63, 3.8) is 0 Å². The summed E-state index contributed by atoms with van der Waals surface area (Å²) < 4.78 is 7.48. The summed E-state index contributed by atoms with van der Waals surface area (Å²) in [5.41, 5.74) is 11.1. The van der Waals surface area contributed by atoms with E-state index in [1.54, 1.807) is 10.8 Å². The molecular weight excluding hydrogens is 542 g/mol. The van der Waals surface area contributed by atoms with Gasteiger partial charge in [0.25, 0.3) is 5.56 Å². The number of pyridine rings is 2. The minimum atomic E-state index is -0.521. The molecule has 0 aliphatic heterocycles. The first-order valence-electron chi connectivity index (χ1n) is 15.0. The lowest BCUT2D eigenvalue weighted by Crippen LogP contribution is -2.30. The second-order valence-corrected chi connectivity index (χ2v) is 11.4. The topological polar surface area (TPSA) is 132 Å². The van der Waals surface area contributed by atoms with Crippen LogP contribution in [0.4, 0.5) is 21.9 Å². The predicted molar refractivity (Wildman–Crippen MR) is 175 cm³/mol. The van der Waals surface area contributed by atoms with E-state index in [4.69, 9.17) is 10.5 Å². The molecule has 228 valence electrons. The molecule has 2 aromatic heterocycles. The van der Waals surface area contributed by atoms with Gasteiger partial charge in [0.1, 0.15) is 17.1 Å². The van der Waals surface area contributed by atoms with Crippen LogP contribution in [-0.4, -0.2) is 33.9 Å². The van der Waals surface area contributed by atoms with Gasteiger partial charge in [0.05, 0.1) is 6.61 Å². The Balaban J connectivity index is 1.87. The zero-order chi connectivity index (χ0) is 31.1. The van der Waals surface area contributed by atoms with Crippen molar-refractivity contribution in [2.75, 3.05) is 29.6 Å². The Morgan fingerprint density at radius 3 is 2.35 bits per heavy atom. The number of aromatic nitrogens is 2. The summed E-state index contributed by atoms with van der Waals surface area (Å²) in [7, 11) is 0. The molecule has 0 bridgehead atoms. The number of rotatable bonds is 12. The molecule has 0 atom stereocenters. The lowest BCUT2D eigenvalue weighted by atomic mass is 9.92. The van der Waals surface area contributed by atoms with E-state index >= 15 is 0 Å². The lowest BCUT2D eigenvalue weighted by Gasteiger charge is -2.22. The summed E-state index contributed by atoms with van der Waals surface area (Å²) in [6.07, 6.45) is 3.85. The van der Waals surface area contributed by atoms with Gasteiger partial charge in [0, 0.05) is 48.1 Å². The normalized spacial score (nSPS) is 11.3. The number of fused-ring (bicyclic) bond motifs is 1. The molecule has 0 saturated heterocycles. The number of nitrogens with one attached hydrogen (secondary N) is 2. The van der Waals surface area contributed by atoms with Gasteiger partial charge in [-0.2, -0.15) is 0 Å². The SMILES string of the molecule is CCCCn1c(=O)c(NC(=O)Nc2c(C(C)C)cc(N)cc2C(C)C)c(-c2cccc(OCCCO)c2)c2cccnc21. The number of unbranched alkanes of at least 4 members (excludes halogenated alkanes) is 1. The van der Waals surface area contributed by atoms with Crippen LogP contribution in [0.25, 0.3) is 22.2 Å². The zero-order valence-electron chi connectivity index (χ0n) is 25.7. The van der Waals surface area contributed by atoms with Crippen molar-refractivity contribution in [2.24, 2.45) is 0 Å². The van der Waals surface area contributed by atoms with Crippen LogP contribution in [0, 0.1) is 0 Å². The Morgan fingerprint density at radius 1 is 1.00 bits per heavy atom. The van der Waals surface area contributed by atoms with Crippen LogP contribution >= 0.6 is 0 Å². The van der Waals surface area contributed by atoms with Crippen LogP contribution in [0.5, 0.6) is 5.75 Å². The van der Waals surface area contributed by atoms with E-state index in [0.717, 1.165) is 29.4 Å². The minimum Gasteiger partial charge on any atom is -0.493 e. The van der Waals surface area contributed by atoms with Crippen molar-refractivity contribution >= 4 is 34.1 Å². The number of nitrogens with zero attached hydrogens (tertiary/aromatic N) is 2. The zero-order valence-corrected chi connectivity index (χ0v) is 25.7. The highest BCUT2D eigenvalue weighted by Crippen LogP contribution is 2.37. The Labute approximate surface area is 253 Å². The number of ether oxygens (including phenoxy) is 1. The number of carbonyl (C=O) groups excluding carboxylic acids is 1. The molecule has 0 saturated carbocycles. The maximum absolute atomic E-state index is 14.2. The molecule has 5 N–H and O–H groups in total. The highest BCUT2D eigenvalue weighted by molar-refractivity contribution is 6.08. The molecule has 0 fully saturated rings. The average molecular weight is 586 g/mol. The number of amides is 2. The maximum atomic E-state index is 14.2. The Hall–Kier alpha value is -4.37. The number of aliphatic hydroxyl groups is 1. The van der Waals surface area contributed by atoms with Gasteiger partial charge in [-0.25, -0.2) is 9.78 Å². The molecule has 0 unspecified atom stereocenters. The first-order chi connectivity index (χ1) is 20.7. The first kappa shape index (κ1) is 31.6. The van der Waals surface area contributed by atoms with E-state index in [9.17, 15) is 14.7 Å². The van der Waals surface area contributed by atoms with E-state index in [1.165, 1.54) is 0 Å². The number of hydrogen-bond donors (Lipinski definition) is 4. The fraction of sp³-hybridized carbons (Fsp3) is 0.382. The molecule has 9 nitrogen and oxygen atoms in total. The molecule has 4 rings (SSSR count). The third kappa shape index (κ3) is 7.17. The number of aryl methyl sites for hydroxylation is 1. The molecule has 2 aromatic carbocycles. The van der Waals surface area contributed by atoms with Crippen LogP contribution in [0.2, 0.25) is 0 Å². The van der Waals surface area contributed by atoms with Gasteiger partial charge >= 0.3 is 6.03 Å². The number of carbonyl (C=O) groups is 1. The Kier molecular flexibility index (Phi) is 10.4. The molecule has 4 aromatic rings. The third-order valence-corrected chi connectivity index (χ3v) is 7.39. The standard InChI is InChI=1S/C34H43N5O4/c1-6-7-15-39-32-26(13-9-14-36-32)29(23-11-8-12-25(18-23)43-17-10-16-40)31(33(39)41)38-34(42)37-30-27(21(2)3)19-24(35)20-28(30)22(4)5/h8-9,11-14,18-22,40H,6-7,10,15-17,35H2,1-5H3,(H2,37,38,42). The van der Waals surface area contributed by atoms with Crippen molar-refractivity contribution in [3.8, 4) is 16.9 Å². The second kappa shape index (κ2) is 14.2. The maximum Gasteiger partial charge on any atom is 0.323 e. The summed E-state index contributed by atoms with van der Waals surface area (Å²) in [6.45, 7) is 11.1. The Morgan fingerprint density at radius 2 is 1.70 bits per heavy atom. The number of nitrogens with two attached hydrogens (primary N) is 1. The van der Waals surface area contributed by atoms with Gasteiger partial charge in [0.2, 0.25) is 0 Å². The summed E-state index contributed by atoms with van der Waals surface area (Å²) in [6, 6.07) is 14.4. The molecule has 2 heterocycles.